The summed E-state index contributed by atoms with van der Waals surface area (Å²) in [5.74, 6) is -1.50. The lowest BCUT2D eigenvalue weighted by Crippen LogP contribution is -2.61. The zero-order valence-corrected chi connectivity index (χ0v) is 19.8. The number of carbonyl (C=O) groups excluding carboxylic acids is 2. The van der Waals surface area contributed by atoms with Crippen LogP contribution in [0.4, 0.5) is 11.4 Å². The molecule has 0 spiro atoms. The van der Waals surface area contributed by atoms with Gasteiger partial charge in [0.1, 0.15) is 12.3 Å². The summed E-state index contributed by atoms with van der Waals surface area (Å²) in [6.45, 7) is 4.47. The fourth-order valence-corrected chi connectivity index (χ4v) is 5.14. The molecule has 3 aliphatic rings. The number of benzene rings is 2. The summed E-state index contributed by atoms with van der Waals surface area (Å²) in [5.41, 5.74) is 3.33. The van der Waals surface area contributed by atoms with Crippen molar-refractivity contribution in [3.63, 3.8) is 0 Å². The van der Waals surface area contributed by atoms with Gasteiger partial charge in [-0.3, -0.25) is 14.9 Å². The van der Waals surface area contributed by atoms with Gasteiger partial charge in [0.2, 0.25) is 5.91 Å². The molecule has 0 bridgehead atoms. The van der Waals surface area contributed by atoms with E-state index in [1.165, 1.54) is 29.2 Å². The molecule has 0 radical (unpaired) electrons. The Morgan fingerprint density at radius 3 is 2.44 bits per heavy atom. The molecule has 188 valence electrons. The quantitative estimate of drug-likeness (QED) is 0.270. The largest absolute Gasteiger partial charge is 0.456 e. The van der Waals surface area contributed by atoms with E-state index in [0.29, 0.717) is 30.8 Å². The molecule has 10 nitrogen and oxygen atoms in total. The topological polar surface area (TPSA) is 122 Å². The molecule has 3 aliphatic heterocycles. The highest BCUT2D eigenvalue weighted by atomic mass is 16.6. The number of fused-ring (bicyclic) bond motifs is 1. The molecule has 2 saturated heterocycles. The summed E-state index contributed by atoms with van der Waals surface area (Å²) < 4.78 is 11.0. The summed E-state index contributed by atoms with van der Waals surface area (Å²) >= 11 is 0. The van der Waals surface area contributed by atoms with Gasteiger partial charge in [0.05, 0.1) is 36.2 Å². The van der Waals surface area contributed by atoms with Crippen molar-refractivity contribution in [2.24, 2.45) is 5.92 Å². The summed E-state index contributed by atoms with van der Waals surface area (Å²) in [5, 5.41) is 21.0. The molecule has 3 heterocycles. The number of hydrogen-bond donors (Lipinski definition) is 1. The third-order valence-corrected chi connectivity index (χ3v) is 7.03. The molecule has 3 atom stereocenters. The predicted octanol–water partition coefficient (Wildman–Crippen LogP) is 2.50. The van der Waals surface area contributed by atoms with Gasteiger partial charge in [-0.1, -0.05) is 12.1 Å². The molecule has 0 aliphatic carbocycles. The lowest BCUT2D eigenvalue weighted by molar-refractivity contribution is -0.384. The van der Waals surface area contributed by atoms with E-state index in [-0.39, 0.29) is 29.9 Å². The van der Waals surface area contributed by atoms with Gasteiger partial charge in [-0.2, -0.15) is 0 Å². The molecule has 0 aromatic heterocycles. The number of nitro groups is 1. The summed E-state index contributed by atoms with van der Waals surface area (Å²) in [4.78, 5) is 40.1. The fourth-order valence-electron chi connectivity index (χ4n) is 5.14. The third kappa shape index (κ3) is 4.33. The number of β-lactam (4-membered cyclic amide) rings is 1. The number of rotatable bonds is 7. The number of carbonyl (C=O) groups is 2. The van der Waals surface area contributed by atoms with Gasteiger partial charge < -0.3 is 24.4 Å². The van der Waals surface area contributed by atoms with Crippen LogP contribution >= 0.6 is 0 Å². The van der Waals surface area contributed by atoms with E-state index in [9.17, 15) is 24.8 Å². The Bertz CT molecular complexity index is 1200. The highest BCUT2D eigenvalue weighted by molar-refractivity contribution is 6.06. The van der Waals surface area contributed by atoms with Gasteiger partial charge in [-0.05, 0) is 54.3 Å². The van der Waals surface area contributed by atoms with Crippen molar-refractivity contribution < 1.29 is 29.1 Å². The van der Waals surface area contributed by atoms with Crippen LogP contribution in [0.1, 0.15) is 24.5 Å². The third-order valence-electron chi connectivity index (χ3n) is 7.03. The van der Waals surface area contributed by atoms with Crippen molar-refractivity contribution in [1.29, 1.82) is 0 Å². The van der Waals surface area contributed by atoms with Crippen molar-refractivity contribution in [3.8, 4) is 0 Å². The second-order valence-electron chi connectivity index (χ2n) is 9.22. The standard InChI is InChI=1S/C26H27N3O7/c1-16(30)23-22-14-21(18-4-8-19(9-5-18)27-10-12-35-13-11-27)24(28(22)25(23)31)26(32)36-15-17-2-6-20(7-3-17)29(33)34/h2-9,16,22-23,30H,10-15H2,1H3/t16-,22-,23-/m1/s1. The molecule has 36 heavy (non-hydrogen) atoms. The van der Waals surface area contributed by atoms with Gasteiger partial charge in [0.15, 0.2) is 0 Å². The smallest absolute Gasteiger partial charge is 0.355 e. The fraction of sp³-hybridized carbons (Fsp3) is 0.385. The minimum atomic E-state index is -0.820. The number of aliphatic hydroxyl groups excluding tert-OH is 1. The number of hydrogen-bond acceptors (Lipinski definition) is 8. The summed E-state index contributed by atoms with van der Waals surface area (Å²) in [6, 6.07) is 13.3. The van der Waals surface area contributed by atoms with Crippen molar-refractivity contribution >= 4 is 28.8 Å². The molecule has 1 amide bonds. The molecule has 10 heteroatoms. The van der Waals surface area contributed by atoms with E-state index in [1.54, 1.807) is 6.92 Å². The summed E-state index contributed by atoms with van der Waals surface area (Å²) in [6.07, 6.45) is -0.376. The first kappa shape index (κ1) is 24.0. The Kier molecular flexibility index (Phi) is 6.46. The number of nitro benzene ring substituents is 1. The Labute approximate surface area is 207 Å². The predicted molar refractivity (Wildman–Crippen MR) is 130 cm³/mol. The van der Waals surface area contributed by atoms with Crippen molar-refractivity contribution in [3.05, 3.63) is 75.5 Å². The van der Waals surface area contributed by atoms with Crippen LogP contribution in [0.2, 0.25) is 0 Å². The molecular formula is C26H27N3O7. The van der Waals surface area contributed by atoms with Crippen LogP contribution in [-0.4, -0.2) is 65.3 Å². The Hall–Kier alpha value is -3.76. The maximum absolute atomic E-state index is 13.2. The monoisotopic (exact) mass is 493 g/mol. The Morgan fingerprint density at radius 2 is 1.83 bits per heavy atom. The molecule has 2 fully saturated rings. The first-order valence-corrected chi connectivity index (χ1v) is 11.9. The van der Waals surface area contributed by atoms with E-state index >= 15 is 0 Å². The van der Waals surface area contributed by atoms with Gasteiger partial charge >= 0.3 is 5.97 Å². The number of aliphatic hydroxyl groups is 1. The second kappa shape index (κ2) is 9.71. The number of anilines is 1. The number of nitrogens with zero attached hydrogens (tertiary/aromatic N) is 3. The first-order valence-electron chi connectivity index (χ1n) is 11.9. The van der Waals surface area contributed by atoms with Gasteiger partial charge in [0, 0.05) is 30.9 Å². The van der Waals surface area contributed by atoms with Gasteiger partial charge in [-0.15, -0.1) is 0 Å². The van der Waals surface area contributed by atoms with Crippen molar-refractivity contribution in [1.82, 2.24) is 4.90 Å². The van der Waals surface area contributed by atoms with Crippen LogP contribution in [0, 0.1) is 16.0 Å². The minimum Gasteiger partial charge on any atom is -0.456 e. The SMILES string of the molecule is C[C@@H](O)[C@H]1C(=O)N2C(C(=O)OCc3ccc([N+](=O)[O-])cc3)=C(c3ccc(N4CCOCC4)cc3)C[C@H]12. The minimum absolute atomic E-state index is 0.0513. The molecular weight excluding hydrogens is 466 g/mol. The van der Waals surface area contributed by atoms with E-state index in [4.69, 9.17) is 9.47 Å². The zero-order valence-electron chi connectivity index (χ0n) is 19.8. The van der Waals surface area contributed by atoms with E-state index in [0.717, 1.165) is 24.3 Å². The number of non-ortho nitro benzene ring substituents is 1. The number of morpholine rings is 1. The highest BCUT2D eigenvalue weighted by Gasteiger charge is 2.57. The lowest BCUT2D eigenvalue weighted by Gasteiger charge is -2.44. The summed E-state index contributed by atoms with van der Waals surface area (Å²) in [7, 11) is 0. The Morgan fingerprint density at radius 1 is 1.17 bits per heavy atom. The van der Waals surface area contributed by atoms with Gasteiger partial charge in [-0.25, -0.2) is 4.79 Å². The van der Waals surface area contributed by atoms with Crippen molar-refractivity contribution in [2.75, 3.05) is 31.2 Å². The van der Waals surface area contributed by atoms with E-state index in [1.807, 2.05) is 24.3 Å². The van der Waals surface area contributed by atoms with Crippen molar-refractivity contribution in [2.45, 2.75) is 32.1 Å². The molecule has 0 unspecified atom stereocenters. The van der Waals surface area contributed by atoms with E-state index in [2.05, 4.69) is 4.90 Å². The van der Waals surface area contributed by atoms with Crippen LogP contribution < -0.4 is 4.90 Å². The molecule has 0 saturated carbocycles. The molecule has 2 aromatic carbocycles. The molecule has 2 aromatic rings. The highest BCUT2D eigenvalue weighted by Crippen LogP contribution is 2.47. The number of amides is 1. The maximum atomic E-state index is 13.2. The van der Waals surface area contributed by atoms with Crippen LogP contribution in [-0.2, 0) is 25.7 Å². The van der Waals surface area contributed by atoms with Crippen LogP contribution in [0.3, 0.4) is 0 Å². The zero-order chi connectivity index (χ0) is 25.4. The average Bonchev–Trinajstić information content (AvgIpc) is 3.23. The number of esters is 1. The lowest BCUT2D eigenvalue weighted by atomic mass is 9.82. The molecule has 5 rings (SSSR count). The molecule has 1 N–H and O–H groups in total. The van der Waals surface area contributed by atoms with Crippen LogP contribution in [0.25, 0.3) is 5.57 Å². The second-order valence-corrected chi connectivity index (χ2v) is 9.22. The normalized spacial score (nSPS) is 22.2. The van der Waals surface area contributed by atoms with E-state index < -0.39 is 22.9 Å². The average molecular weight is 494 g/mol. The van der Waals surface area contributed by atoms with Crippen LogP contribution in [0.15, 0.2) is 54.2 Å². The van der Waals surface area contributed by atoms with Gasteiger partial charge in [0.25, 0.3) is 5.69 Å². The number of ether oxygens (including phenoxy) is 2. The van der Waals surface area contributed by atoms with Crippen LogP contribution in [0.5, 0.6) is 0 Å². The Balaban J connectivity index is 1.39. The first-order chi connectivity index (χ1) is 17.3. The maximum Gasteiger partial charge on any atom is 0.355 e.